The predicted octanol–water partition coefficient (Wildman–Crippen LogP) is 1.70. The summed E-state index contributed by atoms with van der Waals surface area (Å²) in [6.45, 7) is 1.84. The minimum atomic E-state index is -3.72. The second kappa shape index (κ2) is 5.93. The van der Waals surface area contributed by atoms with Crippen LogP contribution < -0.4 is 10.5 Å². The Hall–Kier alpha value is -1.40. The molecule has 0 spiro atoms. The summed E-state index contributed by atoms with van der Waals surface area (Å²) in [5.41, 5.74) is 0.739. The zero-order chi connectivity index (χ0) is 14.8. The van der Waals surface area contributed by atoms with E-state index in [1.807, 2.05) is 6.92 Å². The highest BCUT2D eigenvalue weighted by molar-refractivity contribution is 7.89. The molecule has 5 nitrogen and oxygen atoms in total. The smallest absolute Gasteiger partial charge is 0.238 e. The number of rotatable bonds is 4. The van der Waals surface area contributed by atoms with Crippen LogP contribution in [0.3, 0.4) is 0 Å². The van der Waals surface area contributed by atoms with Crippen LogP contribution in [0.1, 0.15) is 44.2 Å². The van der Waals surface area contributed by atoms with E-state index >= 15 is 0 Å². The molecule has 3 N–H and O–H groups in total. The second-order valence-electron chi connectivity index (χ2n) is 5.33. The van der Waals surface area contributed by atoms with Gasteiger partial charge in [-0.1, -0.05) is 25.0 Å². The maximum atomic E-state index is 12.1. The molecule has 1 saturated carbocycles. The Morgan fingerprint density at radius 1 is 1.35 bits per heavy atom. The average molecular weight is 296 g/mol. The van der Waals surface area contributed by atoms with Gasteiger partial charge >= 0.3 is 0 Å². The fraction of sp³-hybridized carbons (Fsp3) is 0.500. The number of amides is 1. The third-order valence-corrected chi connectivity index (χ3v) is 4.68. The first kappa shape index (κ1) is 15.0. The van der Waals surface area contributed by atoms with Gasteiger partial charge in [-0.05, 0) is 37.5 Å². The van der Waals surface area contributed by atoms with Crippen molar-refractivity contribution in [3.8, 4) is 0 Å². The molecule has 0 unspecified atom stereocenters. The van der Waals surface area contributed by atoms with Crippen LogP contribution in [0.5, 0.6) is 0 Å². The summed E-state index contributed by atoms with van der Waals surface area (Å²) in [6.07, 6.45) is 4.09. The molecule has 2 rings (SSSR count). The van der Waals surface area contributed by atoms with Crippen LogP contribution in [0.25, 0.3) is 0 Å². The van der Waals surface area contributed by atoms with Gasteiger partial charge in [0.25, 0.3) is 0 Å². The molecule has 1 amide bonds. The van der Waals surface area contributed by atoms with E-state index in [0.717, 1.165) is 31.2 Å². The van der Waals surface area contributed by atoms with Crippen molar-refractivity contribution < 1.29 is 13.2 Å². The van der Waals surface area contributed by atoms with Gasteiger partial charge in [-0.2, -0.15) is 0 Å². The maximum Gasteiger partial charge on any atom is 0.238 e. The quantitative estimate of drug-likeness (QED) is 0.886. The molecule has 20 heavy (non-hydrogen) atoms. The SMILES string of the molecule is C[C@@H](NC(=O)C1CCCC1)c1cccc(S(N)(=O)=O)c1. The van der Waals surface area contributed by atoms with Gasteiger partial charge in [0.1, 0.15) is 0 Å². The van der Waals surface area contributed by atoms with Crippen molar-refractivity contribution in [2.24, 2.45) is 11.1 Å². The fourth-order valence-electron chi connectivity index (χ4n) is 2.56. The molecule has 1 aromatic rings. The van der Waals surface area contributed by atoms with Crippen LogP contribution in [-0.4, -0.2) is 14.3 Å². The zero-order valence-electron chi connectivity index (χ0n) is 11.5. The number of carbonyl (C=O) groups is 1. The molecular formula is C14H20N2O3S. The van der Waals surface area contributed by atoms with Gasteiger partial charge < -0.3 is 5.32 Å². The molecule has 0 aliphatic heterocycles. The van der Waals surface area contributed by atoms with E-state index in [4.69, 9.17) is 5.14 Å². The van der Waals surface area contributed by atoms with E-state index in [2.05, 4.69) is 5.32 Å². The molecule has 0 aromatic heterocycles. The Kier molecular flexibility index (Phi) is 4.45. The topological polar surface area (TPSA) is 89.3 Å². The fourth-order valence-corrected chi connectivity index (χ4v) is 3.13. The lowest BCUT2D eigenvalue weighted by Crippen LogP contribution is -2.31. The first-order chi connectivity index (χ1) is 9.38. The summed E-state index contributed by atoms with van der Waals surface area (Å²) < 4.78 is 22.7. The van der Waals surface area contributed by atoms with Crippen molar-refractivity contribution in [2.45, 2.75) is 43.5 Å². The summed E-state index contributed by atoms with van der Waals surface area (Å²) in [5.74, 6) is 0.148. The molecule has 0 heterocycles. The monoisotopic (exact) mass is 296 g/mol. The van der Waals surface area contributed by atoms with Crippen LogP contribution >= 0.6 is 0 Å². The first-order valence-electron chi connectivity index (χ1n) is 6.81. The van der Waals surface area contributed by atoms with Crippen molar-refractivity contribution in [3.63, 3.8) is 0 Å². The number of carbonyl (C=O) groups excluding carboxylic acids is 1. The van der Waals surface area contributed by atoms with Crippen molar-refractivity contribution in [3.05, 3.63) is 29.8 Å². The minimum Gasteiger partial charge on any atom is -0.349 e. The largest absolute Gasteiger partial charge is 0.349 e. The van der Waals surface area contributed by atoms with Crippen molar-refractivity contribution in [1.29, 1.82) is 0 Å². The molecule has 0 saturated heterocycles. The summed E-state index contributed by atoms with van der Waals surface area (Å²) in [4.78, 5) is 12.1. The Morgan fingerprint density at radius 2 is 2.00 bits per heavy atom. The van der Waals surface area contributed by atoms with Gasteiger partial charge in [0.05, 0.1) is 10.9 Å². The number of primary sulfonamides is 1. The van der Waals surface area contributed by atoms with Gasteiger partial charge in [0.2, 0.25) is 15.9 Å². The molecule has 0 radical (unpaired) electrons. The Morgan fingerprint density at radius 3 is 2.60 bits per heavy atom. The van der Waals surface area contributed by atoms with Gasteiger partial charge in [0.15, 0.2) is 0 Å². The molecule has 1 aliphatic rings. The highest BCUT2D eigenvalue weighted by Crippen LogP contribution is 2.26. The summed E-state index contributed by atoms with van der Waals surface area (Å²) in [6, 6.07) is 6.14. The lowest BCUT2D eigenvalue weighted by atomic mass is 10.0. The highest BCUT2D eigenvalue weighted by Gasteiger charge is 2.24. The average Bonchev–Trinajstić information content (AvgIpc) is 2.91. The summed E-state index contributed by atoms with van der Waals surface area (Å²) >= 11 is 0. The Balaban J connectivity index is 2.09. The third kappa shape index (κ3) is 3.58. The predicted molar refractivity (Wildman–Crippen MR) is 76.3 cm³/mol. The molecular weight excluding hydrogens is 276 g/mol. The molecule has 1 aromatic carbocycles. The Bertz CT molecular complexity index is 592. The third-order valence-electron chi connectivity index (χ3n) is 3.77. The van der Waals surface area contributed by atoms with Crippen LogP contribution in [0.2, 0.25) is 0 Å². The summed E-state index contributed by atoms with van der Waals surface area (Å²) in [5, 5.41) is 8.05. The molecule has 1 fully saturated rings. The van der Waals surface area contributed by atoms with Crippen molar-refractivity contribution >= 4 is 15.9 Å². The number of benzene rings is 1. The maximum absolute atomic E-state index is 12.1. The van der Waals surface area contributed by atoms with Gasteiger partial charge in [-0.15, -0.1) is 0 Å². The van der Waals surface area contributed by atoms with Crippen molar-refractivity contribution in [2.75, 3.05) is 0 Å². The lowest BCUT2D eigenvalue weighted by molar-refractivity contribution is -0.125. The van der Waals surface area contributed by atoms with Crippen LogP contribution in [0.15, 0.2) is 29.2 Å². The van der Waals surface area contributed by atoms with E-state index in [9.17, 15) is 13.2 Å². The van der Waals surface area contributed by atoms with Crippen LogP contribution in [0.4, 0.5) is 0 Å². The van der Waals surface area contributed by atoms with E-state index in [0.29, 0.717) is 0 Å². The first-order valence-corrected chi connectivity index (χ1v) is 8.35. The molecule has 1 atom stereocenters. The highest BCUT2D eigenvalue weighted by atomic mass is 32.2. The van der Waals surface area contributed by atoms with E-state index in [1.165, 1.54) is 12.1 Å². The number of hydrogen-bond donors (Lipinski definition) is 2. The molecule has 1 aliphatic carbocycles. The number of nitrogens with one attached hydrogen (secondary N) is 1. The molecule has 0 bridgehead atoms. The van der Waals surface area contributed by atoms with Gasteiger partial charge in [-0.3, -0.25) is 4.79 Å². The number of hydrogen-bond acceptors (Lipinski definition) is 3. The second-order valence-corrected chi connectivity index (χ2v) is 6.89. The number of sulfonamides is 1. The minimum absolute atomic E-state index is 0.0519. The van der Waals surface area contributed by atoms with Gasteiger partial charge in [-0.25, -0.2) is 13.6 Å². The normalized spacial score (nSPS) is 17.9. The molecule has 6 heteroatoms. The van der Waals surface area contributed by atoms with E-state index in [1.54, 1.807) is 12.1 Å². The van der Waals surface area contributed by atoms with E-state index in [-0.39, 0.29) is 22.8 Å². The van der Waals surface area contributed by atoms with Crippen molar-refractivity contribution in [1.82, 2.24) is 5.32 Å². The number of nitrogens with two attached hydrogens (primary N) is 1. The van der Waals surface area contributed by atoms with Crippen LogP contribution in [0, 0.1) is 5.92 Å². The molecule has 110 valence electrons. The lowest BCUT2D eigenvalue weighted by Gasteiger charge is -2.17. The zero-order valence-corrected chi connectivity index (χ0v) is 12.3. The van der Waals surface area contributed by atoms with Crippen LogP contribution in [-0.2, 0) is 14.8 Å². The Labute approximate surface area is 119 Å². The van der Waals surface area contributed by atoms with E-state index < -0.39 is 10.0 Å². The summed E-state index contributed by atoms with van der Waals surface area (Å²) in [7, 11) is -3.72. The van der Waals surface area contributed by atoms with Gasteiger partial charge in [0, 0.05) is 5.92 Å². The standard InChI is InChI=1S/C14H20N2O3S/c1-10(16-14(17)11-5-2-3-6-11)12-7-4-8-13(9-12)20(15,18)19/h4,7-11H,2-3,5-6H2,1H3,(H,16,17)(H2,15,18,19)/t10-/m1/s1.